The fourth-order valence-corrected chi connectivity index (χ4v) is 6.86. The van der Waals surface area contributed by atoms with Gasteiger partial charge in [0.1, 0.15) is 17.3 Å². The summed E-state index contributed by atoms with van der Waals surface area (Å²) in [5.41, 5.74) is -8.76. The van der Waals surface area contributed by atoms with Crippen LogP contribution in [-0.4, -0.2) is 66.6 Å². The largest absolute Gasteiger partial charge is 0.459 e. The van der Waals surface area contributed by atoms with Crippen LogP contribution in [-0.2, 0) is 9.53 Å². The van der Waals surface area contributed by atoms with E-state index in [2.05, 4.69) is 0 Å². The van der Waals surface area contributed by atoms with Gasteiger partial charge in [-0.05, 0) is 31.3 Å². The Morgan fingerprint density at radius 3 is 2.41 bits per heavy atom. The summed E-state index contributed by atoms with van der Waals surface area (Å²) in [7, 11) is 0. The molecule has 0 aromatic carbocycles. The van der Waals surface area contributed by atoms with Crippen LogP contribution in [0.15, 0.2) is 11.1 Å². The molecule has 7 nitrogen and oxygen atoms in total. The Morgan fingerprint density at radius 1 is 1.19 bits per heavy atom. The Labute approximate surface area is 158 Å². The standard InChI is InChI=1S/C20H30O7/c1-10-5-6-17(23)16(4)8-14(22)27-15(10)20(17,26)19(25)12(3)13(11(2)9-21)7-18(16,19)24/h10-11,15,21,23-26H,5-9H2,1-4H3/t10?,11?,15-,16-,17+,18+,19+,20+/m0/s1. The monoisotopic (exact) mass is 382 g/mol. The molecular formula is C20H30O7. The summed E-state index contributed by atoms with van der Waals surface area (Å²) in [5.74, 6) is -1.22. The molecule has 8 atom stereocenters. The number of ether oxygens (including phenoxy) is 1. The molecule has 2 unspecified atom stereocenters. The maximum absolute atomic E-state index is 12.5. The minimum absolute atomic E-state index is 0.0213. The van der Waals surface area contributed by atoms with Gasteiger partial charge in [-0.15, -0.1) is 0 Å². The number of hydrogen-bond donors (Lipinski definition) is 5. The van der Waals surface area contributed by atoms with Gasteiger partial charge in [0, 0.05) is 24.4 Å². The first kappa shape index (κ1) is 19.3. The zero-order valence-corrected chi connectivity index (χ0v) is 16.3. The van der Waals surface area contributed by atoms with Crippen LogP contribution in [0, 0.1) is 17.3 Å². The zero-order valence-electron chi connectivity index (χ0n) is 16.3. The van der Waals surface area contributed by atoms with Crippen LogP contribution in [0.25, 0.3) is 0 Å². The van der Waals surface area contributed by atoms with E-state index in [1.165, 1.54) is 0 Å². The van der Waals surface area contributed by atoms with Crippen molar-refractivity contribution in [3.63, 3.8) is 0 Å². The molecule has 2 saturated carbocycles. The van der Waals surface area contributed by atoms with Crippen molar-refractivity contribution in [2.45, 2.75) is 81.9 Å². The summed E-state index contributed by atoms with van der Waals surface area (Å²) in [4.78, 5) is 12.5. The first-order valence-corrected chi connectivity index (χ1v) is 9.75. The highest BCUT2D eigenvalue weighted by Gasteiger charge is 2.92. The maximum atomic E-state index is 12.5. The van der Waals surface area contributed by atoms with Crippen LogP contribution >= 0.6 is 0 Å². The molecule has 4 aliphatic rings. The smallest absolute Gasteiger partial charge is 0.306 e. The molecule has 3 fully saturated rings. The van der Waals surface area contributed by atoms with Crippen molar-refractivity contribution in [2.75, 3.05) is 6.61 Å². The van der Waals surface area contributed by atoms with Gasteiger partial charge in [0.2, 0.25) is 0 Å². The highest BCUT2D eigenvalue weighted by atomic mass is 16.6. The Balaban J connectivity index is 2.07. The molecule has 7 heteroatoms. The van der Waals surface area contributed by atoms with Crippen molar-refractivity contribution in [3.8, 4) is 0 Å². The predicted molar refractivity (Wildman–Crippen MR) is 94.4 cm³/mol. The first-order valence-electron chi connectivity index (χ1n) is 9.75. The molecule has 0 aromatic heterocycles. The van der Waals surface area contributed by atoms with Crippen LogP contribution in [0.3, 0.4) is 0 Å². The second-order valence-electron chi connectivity index (χ2n) is 9.54. The van der Waals surface area contributed by atoms with Gasteiger partial charge in [-0.2, -0.15) is 0 Å². The van der Waals surface area contributed by atoms with E-state index in [1.54, 1.807) is 20.8 Å². The second-order valence-corrected chi connectivity index (χ2v) is 9.54. The van der Waals surface area contributed by atoms with Gasteiger partial charge in [-0.25, -0.2) is 0 Å². The van der Waals surface area contributed by atoms with Crippen molar-refractivity contribution in [1.82, 2.24) is 0 Å². The molecule has 1 aliphatic heterocycles. The Morgan fingerprint density at radius 2 is 1.81 bits per heavy atom. The summed E-state index contributed by atoms with van der Waals surface area (Å²) in [6, 6.07) is 0. The number of hydrogen-bond acceptors (Lipinski definition) is 7. The fourth-order valence-electron chi connectivity index (χ4n) is 6.86. The average Bonchev–Trinajstić information content (AvgIpc) is 2.85. The number of fused-ring (bicyclic) bond motifs is 2. The predicted octanol–water partition coefficient (Wildman–Crippen LogP) is 0.0247. The summed E-state index contributed by atoms with van der Waals surface area (Å²) < 4.78 is 5.56. The Bertz CT molecular complexity index is 749. The molecule has 4 rings (SSSR count). The third-order valence-electron chi connectivity index (χ3n) is 8.59. The molecule has 5 N–H and O–H groups in total. The molecule has 0 amide bonds. The normalized spacial score (nSPS) is 55.2. The number of rotatable bonds is 2. The highest BCUT2D eigenvalue weighted by molar-refractivity contribution is 5.74. The lowest BCUT2D eigenvalue weighted by atomic mass is 9.57. The molecule has 0 spiro atoms. The number of aliphatic hydroxyl groups is 5. The van der Waals surface area contributed by atoms with Crippen molar-refractivity contribution >= 4 is 5.97 Å². The number of aliphatic hydroxyl groups excluding tert-OH is 1. The topological polar surface area (TPSA) is 127 Å². The lowest BCUT2D eigenvalue weighted by Crippen LogP contribution is -2.74. The van der Waals surface area contributed by atoms with Gasteiger partial charge in [0.25, 0.3) is 0 Å². The molecule has 3 aliphatic carbocycles. The Kier molecular flexibility index (Phi) is 3.67. The zero-order chi connectivity index (χ0) is 20.2. The van der Waals surface area contributed by atoms with Crippen molar-refractivity contribution in [2.24, 2.45) is 17.3 Å². The minimum atomic E-state index is -2.24. The number of carbonyl (C=O) groups excluding carboxylic acids is 1. The lowest BCUT2D eigenvalue weighted by molar-refractivity contribution is -0.283. The van der Waals surface area contributed by atoms with E-state index in [4.69, 9.17) is 4.74 Å². The van der Waals surface area contributed by atoms with Gasteiger partial charge in [-0.3, -0.25) is 4.79 Å². The van der Waals surface area contributed by atoms with Crippen LogP contribution in [0.1, 0.15) is 53.4 Å². The lowest BCUT2D eigenvalue weighted by Gasteiger charge is -2.54. The molecule has 27 heavy (non-hydrogen) atoms. The van der Waals surface area contributed by atoms with Gasteiger partial charge in [-0.1, -0.05) is 26.3 Å². The molecule has 0 radical (unpaired) electrons. The summed E-state index contributed by atoms with van der Waals surface area (Å²) >= 11 is 0. The molecule has 1 saturated heterocycles. The molecule has 4 bridgehead atoms. The van der Waals surface area contributed by atoms with Crippen LogP contribution < -0.4 is 0 Å². The van der Waals surface area contributed by atoms with E-state index in [1.807, 2.05) is 6.92 Å². The third-order valence-corrected chi connectivity index (χ3v) is 8.59. The van der Waals surface area contributed by atoms with E-state index in [0.29, 0.717) is 17.6 Å². The molecule has 1 heterocycles. The summed E-state index contributed by atoms with van der Waals surface area (Å²) in [6.07, 6.45) is -0.810. The second kappa shape index (κ2) is 5.13. The molecular weight excluding hydrogens is 352 g/mol. The summed E-state index contributed by atoms with van der Waals surface area (Å²) in [5, 5.41) is 57.3. The number of carbonyl (C=O) groups is 1. The van der Waals surface area contributed by atoms with E-state index in [0.717, 1.165) is 0 Å². The third kappa shape index (κ3) is 1.63. The fraction of sp³-hybridized carbons (Fsp3) is 0.850. The molecule has 0 aromatic rings. The van der Waals surface area contributed by atoms with Crippen molar-refractivity contribution in [3.05, 3.63) is 11.1 Å². The van der Waals surface area contributed by atoms with E-state index < -0.39 is 39.9 Å². The summed E-state index contributed by atoms with van der Waals surface area (Å²) in [6.45, 7) is 6.61. The number of esters is 1. The minimum Gasteiger partial charge on any atom is -0.459 e. The molecule has 152 valence electrons. The highest BCUT2D eigenvalue weighted by Crippen LogP contribution is 2.75. The van der Waals surface area contributed by atoms with Gasteiger partial charge in [0.15, 0.2) is 11.2 Å². The van der Waals surface area contributed by atoms with Crippen LogP contribution in [0.2, 0.25) is 0 Å². The van der Waals surface area contributed by atoms with Crippen LogP contribution in [0.4, 0.5) is 0 Å². The van der Waals surface area contributed by atoms with Crippen molar-refractivity contribution in [1.29, 1.82) is 0 Å². The van der Waals surface area contributed by atoms with Crippen LogP contribution in [0.5, 0.6) is 0 Å². The van der Waals surface area contributed by atoms with Gasteiger partial charge >= 0.3 is 5.97 Å². The first-order chi connectivity index (χ1) is 12.4. The van der Waals surface area contributed by atoms with E-state index >= 15 is 0 Å². The van der Waals surface area contributed by atoms with Crippen molar-refractivity contribution < 1.29 is 35.1 Å². The SMILES string of the molecule is CC1=C(C(C)CO)C[C@@]2(O)[C@@]3(C)CC(=O)O[C@H]4C(C)CC[C@]3(O)[C@@]4(O)[C@@]12O. The van der Waals surface area contributed by atoms with Gasteiger partial charge < -0.3 is 30.3 Å². The average molecular weight is 382 g/mol. The Hall–Kier alpha value is -0.990. The van der Waals surface area contributed by atoms with Gasteiger partial charge in [0.05, 0.1) is 6.42 Å². The maximum Gasteiger partial charge on any atom is 0.306 e. The van der Waals surface area contributed by atoms with E-state index in [-0.39, 0.29) is 37.7 Å². The van der Waals surface area contributed by atoms with E-state index in [9.17, 15) is 30.3 Å². The quantitative estimate of drug-likeness (QED) is 0.337.